The molecule has 76 valence electrons. The molecule has 3 heteroatoms. The van der Waals surface area contributed by atoms with Crippen LogP contribution in [0.2, 0.25) is 0 Å². The van der Waals surface area contributed by atoms with Gasteiger partial charge in [0.1, 0.15) is 12.4 Å². The van der Waals surface area contributed by atoms with Crippen molar-refractivity contribution < 1.29 is 4.74 Å². The molecule has 1 heterocycles. The number of aromatic nitrogens is 1. The average molecular weight is 311 g/mol. The number of para-hydroxylation sites is 1. The van der Waals surface area contributed by atoms with Gasteiger partial charge in [-0.05, 0) is 52.4 Å². The fourth-order valence-electron chi connectivity index (χ4n) is 1.20. The Morgan fingerprint density at radius 2 is 1.80 bits per heavy atom. The molecule has 0 saturated carbocycles. The van der Waals surface area contributed by atoms with Crippen molar-refractivity contribution in [1.29, 1.82) is 0 Å². The van der Waals surface area contributed by atoms with Gasteiger partial charge in [0.05, 0.1) is 3.57 Å². The van der Waals surface area contributed by atoms with Crippen LogP contribution in [0.3, 0.4) is 0 Å². The summed E-state index contributed by atoms with van der Waals surface area (Å²) in [7, 11) is 0. The van der Waals surface area contributed by atoms with Gasteiger partial charge >= 0.3 is 0 Å². The Hall–Kier alpha value is -1.10. The van der Waals surface area contributed by atoms with Crippen LogP contribution in [0.4, 0.5) is 0 Å². The lowest BCUT2D eigenvalue weighted by Gasteiger charge is -2.07. The van der Waals surface area contributed by atoms with E-state index in [4.69, 9.17) is 4.74 Å². The average Bonchev–Trinajstić information content (AvgIpc) is 2.29. The van der Waals surface area contributed by atoms with Gasteiger partial charge < -0.3 is 4.74 Å². The molecule has 2 aromatic rings. The van der Waals surface area contributed by atoms with E-state index in [-0.39, 0.29) is 0 Å². The third-order valence-corrected chi connectivity index (χ3v) is 2.87. The summed E-state index contributed by atoms with van der Waals surface area (Å²) in [5, 5.41) is 0. The molecule has 0 aliphatic carbocycles. The number of halogens is 1. The van der Waals surface area contributed by atoms with Gasteiger partial charge in [0.2, 0.25) is 0 Å². The second kappa shape index (κ2) is 5.11. The molecule has 0 amide bonds. The van der Waals surface area contributed by atoms with Crippen molar-refractivity contribution in [2.45, 2.75) is 6.61 Å². The highest BCUT2D eigenvalue weighted by Gasteiger charge is 1.99. The molecule has 0 radical (unpaired) electrons. The van der Waals surface area contributed by atoms with Gasteiger partial charge in [-0.1, -0.05) is 12.1 Å². The van der Waals surface area contributed by atoms with E-state index in [9.17, 15) is 0 Å². The first-order valence-corrected chi connectivity index (χ1v) is 5.70. The zero-order valence-electron chi connectivity index (χ0n) is 8.06. The SMILES string of the molecule is Ic1ccccc1OCc1ccncc1. The summed E-state index contributed by atoms with van der Waals surface area (Å²) in [5.41, 5.74) is 1.13. The molecule has 1 aromatic carbocycles. The highest BCUT2D eigenvalue weighted by molar-refractivity contribution is 14.1. The lowest BCUT2D eigenvalue weighted by molar-refractivity contribution is 0.304. The minimum atomic E-state index is 0.586. The first kappa shape index (κ1) is 10.4. The van der Waals surface area contributed by atoms with E-state index < -0.39 is 0 Å². The predicted octanol–water partition coefficient (Wildman–Crippen LogP) is 3.27. The normalized spacial score (nSPS) is 9.93. The van der Waals surface area contributed by atoms with Crippen LogP contribution in [-0.2, 0) is 6.61 Å². The van der Waals surface area contributed by atoms with Crippen molar-refractivity contribution in [1.82, 2.24) is 4.98 Å². The predicted molar refractivity (Wildman–Crippen MR) is 67.7 cm³/mol. The second-order valence-electron chi connectivity index (χ2n) is 3.07. The molecule has 0 aliphatic heterocycles. The van der Waals surface area contributed by atoms with Crippen molar-refractivity contribution in [2.75, 3.05) is 0 Å². The van der Waals surface area contributed by atoms with E-state index in [1.165, 1.54) is 0 Å². The van der Waals surface area contributed by atoms with Gasteiger partial charge in [-0.2, -0.15) is 0 Å². The summed E-state index contributed by atoms with van der Waals surface area (Å²) in [5.74, 6) is 0.926. The van der Waals surface area contributed by atoms with Gasteiger partial charge in [-0.3, -0.25) is 4.98 Å². The summed E-state index contributed by atoms with van der Waals surface area (Å²) in [6, 6.07) is 11.9. The van der Waals surface area contributed by atoms with Crippen LogP contribution in [0, 0.1) is 3.57 Å². The smallest absolute Gasteiger partial charge is 0.133 e. The fraction of sp³-hybridized carbons (Fsp3) is 0.0833. The van der Waals surface area contributed by atoms with Crippen LogP contribution in [0.1, 0.15) is 5.56 Å². The summed E-state index contributed by atoms with van der Waals surface area (Å²) in [6.07, 6.45) is 3.54. The number of pyridine rings is 1. The maximum absolute atomic E-state index is 5.69. The van der Waals surface area contributed by atoms with E-state index in [0.717, 1.165) is 14.9 Å². The Labute approximate surface area is 102 Å². The summed E-state index contributed by atoms with van der Waals surface area (Å²) < 4.78 is 6.82. The van der Waals surface area contributed by atoms with E-state index in [2.05, 4.69) is 27.6 Å². The molecule has 0 aliphatic rings. The second-order valence-corrected chi connectivity index (χ2v) is 4.24. The maximum atomic E-state index is 5.69. The number of ether oxygens (including phenoxy) is 1. The van der Waals surface area contributed by atoms with E-state index >= 15 is 0 Å². The van der Waals surface area contributed by atoms with Crippen LogP contribution < -0.4 is 4.74 Å². The quantitative estimate of drug-likeness (QED) is 0.812. The molecule has 0 fully saturated rings. The molecule has 0 saturated heterocycles. The molecular weight excluding hydrogens is 301 g/mol. The highest BCUT2D eigenvalue weighted by Crippen LogP contribution is 2.20. The Morgan fingerprint density at radius 1 is 1.07 bits per heavy atom. The van der Waals surface area contributed by atoms with E-state index in [0.29, 0.717) is 6.61 Å². The third kappa shape index (κ3) is 2.92. The molecule has 0 N–H and O–H groups in total. The number of hydrogen-bond donors (Lipinski definition) is 0. The molecule has 0 bridgehead atoms. The Bertz CT molecular complexity index is 431. The largest absolute Gasteiger partial charge is 0.488 e. The Kier molecular flexibility index (Phi) is 3.55. The van der Waals surface area contributed by atoms with Crippen molar-refractivity contribution in [2.24, 2.45) is 0 Å². The topological polar surface area (TPSA) is 22.1 Å². The molecule has 0 unspecified atom stereocenters. The molecule has 2 rings (SSSR count). The molecule has 0 spiro atoms. The van der Waals surface area contributed by atoms with Gasteiger partial charge in [-0.25, -0.2) is 0 Å². The van der Waals surface area contributed by atoms with Crippen LogP contribution in [0.5, 0.6) is 5.75 Å². The molecule has 0 atom stereocenters. The number of nitrogens with zero attached hydrogens (tertiary/aromatic N) is 1. The lowest BCUT2D eigenvalue weighted by Crippen LogP contribution is -1.96. The Balaban J connectivity index is 2.03. The molecular formula is C12H10INO. The summed E-state index contributed by atoms with van der Waals surface area (Å²) >= 11 is 2.27. The zero-order chi connectivity index (χ0) is 10.5. The fourth-order valence-corrected chi connectivity index (χ4v) is 1.74. The van der Waals surface area contributed by atoms with Crippen LogP contribution in [0.15, 0.2) is 48.8 Å². The monoisotopic (exact) mass is 311 g/mol. The minimum absolute atomic E-state index is 0.586. The number of benzene rings is 1. The van der Waals surface area contributed by atoms with Crippen molar-refractivity contribution >= 4 is 22.6 Å². The first-order chi connectivity index (χ1) is 7.36. The molecule has 1 aromatic heterocycles. The van der Waals surface area contributed by atoms with Crippen LogP contribution >= 0.6 is 22.6 Å². The van der Waals surface area contributed by atoms with E-state index in [1.54, 1.807) is 12.4 Å². The Morgan fingerprint density at radius 3 is 2.53 bits per heavy atom. The standard InChI is InChI=1S/C12H10INO/c13-11-3-1-2-4-12(11)15-9-10-5-7-14-8-6-10/h1-8H,9H2. The van der Waals surface area contributed by atoms with Crippen LogP contribution in [-0.4, -0.2) is 4.98 Å². The van der Waals surface area contributed by atoms with Crippen LogP contribution in [0.25, 0.3) is 0 Å². The number of hydrogen-bond acceptors (Lipinski definition) is 2. The molecule has 2 nitrogen and oxygen atoms in total. The van der Waals surface area contributed by atoms with Gasteiger partial charge in [0.15, 0.2) is 0 Å². The summed E-state index contributed by atoms with van der Waals surface area (Å²) in [6.45, 7) is 0.586. The van der Waals surface area contributed by atoms with Gasteiger partial charge in [0.25, 0.3) is 0 Å². The summed E-state index contributed by atoms with van der Waals surface area (Å²) in [4.78, 5) is 3.96. The van der Waals surface area contributed by atoms with Gasteiger partial charge in [-0.15, -0.1) is 0 Å². The maximum Gasteiger partial charge on any atom is 0.133 e. The number of rotatable bonds is 3. The first-order valence-electron chi connectivity index (χ1n) is 4.62. The van der Waals surface area contributed by atoms with Crippen molar-refractivity contribution in [3.05, 3.63) is 57.9 Å². The highest BCUT2D eigenvalue weighted by atomic mass is 127. The molecule has 15 heavy (non-hydrogen) atoms. The van der Waals surface area contributed by atoms with Crippen molar-refractivity contribution in [3.8, 4) is 5.75 Å². The minimum Gasteiger partial charge on any atom is -0.488 e. The lowest BCUT2D eigenvalue weighted by atomic mass is 10.3. The zero-order valence-corrected chi connectivity index (χ0v) is 10.2. The van der Waals surface area contributed by atoms with E-state index in [1.807, 2.05) is 36.4 Å². The third-order valence-electron chi connectivity index (χ3n) is 1.98. The van der Waals surface area contributed by atoms with Gasteiger partial charge in [0, 0.05) is 12.4 Å². The van der Waals surface area contributed by atoms with Crippen molar-refractivity contribution in [3.63, 3.8) is 0 Å².